The Morgan fingerprint density at radius 3 is 2.96 bits per heavy atom. The van der Waals surface area contributed by atoms with Crippen LogP contribution in [0.5, 0.6) is 0 Å². The van der Waals surface area contributed by atoms with E-state index in [0.29, 0.717) is 29.3 Å². The first-order valence-corrected chi connectivity index (χ1v) is 11.5. The molecule has 2 heterocycles. The van der Waals surface area contributed by atoms with Crippen molar-refractivity contribution in [1.29, 1.82) is 0 Å². The number of carbonyl (C=O) groups excluding carboxylic acids is 1. The number of aromatic amines is 1. The summed E-state index contributed by atoms with van der Waals surface area (Å²) in [5.74, 6) is 2.42. The Bertz CT molecular complexity index is 868. The fourth-order valence-corrected chi connectivity index (χ4v) is 6.14. The zero-order valence-corrected chi connectivity index (χ0v) is 16.7. The first-order chi connectivity index (χ1) is 12.6. The first kappa shape index (κ1) is 18.0. The Labute approximate surface area is 161 Å². The van der Waals surface area contributed by atoms with Crippen molar-refractivity contribution >= 4 is 39.2 Å². The average molecular weight is 392 g/mol. The van der Waals surface area contributed by atoms with E-state index in [4.69, 9.17) is 0 Å². The molecule has 2 aliphatic rings. The Kier molecular flexibility index (Phi) is 5.36. The SMILES string of the molecule is C[C@@H]1CCc2c(sc3nc(CSCC(=O)NC4CCCC4)[nH]c(=O)c23)C1. The molecule has 2 aliphatic carbocycles. The molecule has 4 rings (SSSR count). The van der Waals surface area contributed by atoms with Gasteiger partial charge in [0.15, 0.2) is 0 Å². The Balaban J connectivity index is 1.41. The van der Waals surface area contributed by atoms with Crippen LogP contribution in [0.1, 0.15) is 55.3 Å². The molecule has 1 fully saturated rings. The number of thiophene rings is 1. The minimum atomic E-state index is -0.0203. The van der Waals surface area contributed by atoms with Crippen molar-refractivity contribution in [2.75, 3.05) is 5.75 Å². The van der Waals surface area contributed by atoms with Crippen LogP contribution in [0.4, 0.5) is 0 Å². The monoisotopic (exact) mass is 391 g/mol. The van der Waals surface area contributed by atoms with E-state index in [1.807, 2.05) is 0 Å². The molecule has 1 atom stereocenters. The van der Waals surface area contributed by atoms with Gasteiger partial charge >= 0.3 is 0 Å². The zero-order chi connectivity index (χ0) is 18.1. The van der Waals surface area contributed by atoms with Gasteiger partial charge in [0.05, 0.1) is 16.9 Å². The van der Waals surface area contributed by atoms with Crippen molar-refractivity contribution in [1.82, 2.24) is 15.3 Å². The average Bonchev–Trinajstić information content (AvgIpc) is 3.21. The lowest BCUT2D eigenvalue weighted by Crippen LogP contribution is -2.33. The standard InChI is InChI=1S/C19H25N3O2S2/c1-11-6-7-13-14(8-11)26-19-17(13)18(24)21-15(22-19)9-25-10-16(23)20-12-4-2-3-5-12/h11-12H,2-10H2,1H3,(H,20,23)(H,21,22,24)/t11-/m1/s1. The van der Waals surface area contributed by atoms with Crippen molar-refractivity contribution in [2.45, 2.75) is 63.7 Å². The minimum Gasteiger partial charge on any atom is -0.353 e. The van der Waals surface area contributed by atoms with Gasteiger partial charge in [-0.1, -0.05) is 19.8 Å². The van der Waals surface area contributed by atoms with Crippen LogP contribution in [0, 0.1) is 5.92 Å². The zero-order valence-electron chi connectivity index (χ0n) is 15.1. The molecule has 0 spiro atoms. The number of rotatable bonds is 5. The molecule has 1 saturated carbocycles. The molecule has 0 bridgehead atoms. The number of amides is 1. The molecule has 0 radical (unpaired) electrons. The Morgan fingerprint density at radius 1 is 1.35 bits per heavy atom. The lowest BCUT2D eigenvalue weighted by atomic mass is 9.89. The lowest BCUT2D eigenvalue weighted by molar-refractivity contribution is -0.119. The van der Waals surface area contributed by atoms with Gasteiger partial charge in [0, 0.05) is 10.9 Å². The largest absolute Gasteiger partial charge is 0.353 e. The summed E-state index contributed by atoms with van der Waals surface area (Å²) in [7, 11) is 0. The summed E-state index contributed by atoms with van der Waals surface area (Å²) in [5, 5.41) is 3.89. The molecule has 0 aliphatic heterocycles. The van der Waals surface area contributed by atoms with Gasteiger partial charge < -0.3 is 10.3 Å². The molecule has 0 aromatic carbocycles. The molecule has 1 amide bonds. The third-order valence-electron chi connectivity index (χ3n) is 5.41. The molecule has 2 N–H and O–H groups in total. The normalized spacial score (nSPS) is 20.4. The number of hydrogen-bond acceptors (Lipinski definition) is 5. The van der Waals surface area contributed by atoms with Crippen LogP contribution >= 0.6 is 23.1 Å². The lowest BCUT2D eigenvalue weighted by Gasteiger charge is -2.17. The molecule has 7 heteroatoms. The van der Waals surface area contributed by atoms with E-state index >= 15 is 0 Å². The number of carbonyl (C=O) groups is 1. The highest BCUT2D eigenvalue weighted by atomic mass is 32.2. The van der Waals surface area contributed by atoms with E-state index in [0.717, 1.165) is 42.3 Å². The van der Waals surface area contributed by atoms with Crippen molar-refractivity contribution in [3.05, 3.63) is 26.6 Å². The molecule has 26 heavy (non-hydrogen) atoms. The summed E-state index contributed by atoms with van der Waals surface area (Å²) < 4.78 is 0. The third-order valence-corrected chi connectivity index (χ3v) is 7.50. The number of nitrogens with zero attached hydrogens (tertiary/aromatic N) is 1. The molecule has 5 nitrogen and oxygen atoms in total. The quantitative estimate of drug-likeness (QED) is 0.819. The van der Waals surface area contributed by atoms with Crippen LogP contribution in [-0.4, -0.2) is 27.7 Å². The summed E-state index contributed by atoms with van der Waals surface area (Å²) in [6.07, 6.45) is 7.82. The first-order valence-electron chi connectivity index (χ1n) is 9.50. The summed E-state index contributed by atoms with van der Waals surface area (Å²) in [6, 6.07) is 0.359. The highest BCUT2D eigenvalue weighted by Crippen LogP contribution is 2.35. The van der Waals surface area contributed by atoms with Gasteiger partial charge in [-0.15, -0.1) is 23.1 Å². The van der Waals surface area contributed by atoms with Crippen molar-refractivity contribution < 1.29 is 4.79 Å². The number of hydrogen-bond donors (Lipinski definition) is 2. The second kappa shape index (κ2) is 7.72. The molecular formula is C19H25N3O2S2. The van der Waals surface area contributed by atoms with E-state index in [-0.39, 0.29) is 11.5 Å². The molecule has 0 unspecified atom stereocenters. The van der Waals surface area contributed by atoms with Crippen molar-refractivity contribution in [3.8, 4) is 0 Å². The number of nitrogens with one attached hydrogen (secondary N) is 2. The molecule has 140 valence electrons. The van der Waals surface area contributed by atoms with Gasteiger partial charge in [0.1, 0.15) is 10.7 Å². The predicted molar refractivity (Wildman–Crippen MR) is 108 cm³/mol. The van der Waals surface area contributed by atoms with Crippen LogP contribution < -0.4 is 10.9 Å². The topological polar surface area (TPSA) is 74.8 Å². The van der Waals surface area contributed by atoms with Crippen LogP contribution in [-0.2, 0) is 23.4 Å². The number of thioether (sulfide) groups is 1. The third kappa shape index (κ3) is 3.83. The van der Waals surface area contributed by atoms with E-state index in [9.17, 15) is 9.59 Å². The maximum atomic E-state index is 12.6. The molecule has 2 aromatic heterocycles. The number of aryl methyl sites for hydroxylation is 1. The van der Waals surface area contributed by atoms with Crippen LogP contribution in [0.15, 0.2) is 4.79 Å². The number of fused-ring (bicyclic) bond motifs is 3. The van der Waals surface area contributed by atoms with Gasteiger partial charge in [0.25, 0.3) is 5.56 Å². The van der Waals surface area contributed by atoms with Crippen LogP contribution in [0.2, 0.25) is 0 Å². The minimum absolute atomic E-state index is 0.0203. The van der Waals surface area contributed by atoms with Crippen LogP contribution in [0.25, 0.3) is 10.2 Å². The van der Waals surface area contributed by atoms with E-state index in [2.05, 4.69) is 22.2 Å². The highest BCUT2D eigenvalue weighted by molar-refractivity contribution is 7.99. The van der Waals surface area contributed by atoms with E-state index < -0.39 is 0 Å². The fourth-order valence-electron chi connectivity index (χ4n) is 4.04. The van der Waals surface area contributed by atoms with Crippen molar-refractivity contribution in [2.24, 2.45) is 5.92 Å². The maximum Gasteiger partial charge on any atom is 0.259 e. The number of H-pyrrole nitrogens is 1. The second-order valence-corrected chi connectivity index (χ2v) is 9.66. The van der Waals surface area contributed by atoms with E-state index in [1.54, 1.807) is 11.3 Å². The fraction of sp³-hybridized carbons (Fsp3) is 0.632. The van der Waals surface area contributed by atoms with Crippen LogP contribution in [0.3, 0.4) is 0 Å². The molecule has 0 saturated heterocycles. The summed E-state index contributed by atoms with van der Waals surface area (Å²) in [4.78, 5) is 34.4. The van der Waals surface area contributed by atoms with Crippen molar-refractivity contribution in [3.63, 3.8) is 0 Å². The highest BCUT2D eigenvalue weighted by Gasteiger charge is 2.23. The van der Waals surface area contributed by atoms with Gasteiger partial charge in [0.2, 0.25) is 5.91 Å². The summed E-state index contributed by atoms with van der Waals surface area (Å²) in [5.41, 5.74) is 1.19. The smallest absolute Gasteiger partial charge is 0.259 e. The maximum absolute atomic E-state index is 12.6. The van der Waals surface area contributed by atoms with E-state index in [1.165, 1.54) is 35.0 Å². The van der Waals surface area contributed by atoms with Gasteiger partial charge in [-0.2, -0.15) is 0 Å². The Morgan fingerprint density at radius 2 is 2.15 bits per heavy atom. The summed E-state index contributed by atoms with van der Waals surface area (Å²) in [6.45, 7) is 2.27. The number of aromatic nitrogens is 2. The van der Waals surface area contributed by atoms with Gasteiger partial charge in [-0.3, -0.25) is 9.59 Å². The predicted octanol–water partition coefficient (Wildman–Crippen LogP) is 3.40. The van der Waals surface area contributed by atoms with Gasteiger partial charge in [-0.05, 0) is 43.6 Å². The second-order valence-electron chi connectivity index (χ2n) is 7.59. The van der Waals surface area contributed by atoms with Gasteiger partial charge in [-0.25, -0.2) is 4.98 Å². The summed E-state index contributed by atoms with van der Waals surface area (Å²) >= 11 is 3.18. The molecule has 2 aromatic rings. The Hall–Kier alpha value is -1.34. The molecular weight excluding hydrogens is 366 g/mol.